The van der Waals surface area contributed by atoms with Crippen LogP contribution in [-0.2, 0) is 4.79 Å². The van der Waals surface area contributed by atoms with Crippen molar-refractivity contribution in [1.29, 1.82) is 0 Å². The number of oxazole rings is 1. The number of nitrogens with one attached hydrogen (secondary N) is 1. The molecule has 1 aromatic heterocycles. The van der Waals surface area contributed by atoms with Crippen LogP contribution in [0, 0.1) is 0 Å². The van der Waals surface area contributed by atoms with E-state index in [9.17, 15) is 9.90 Å². The molecule has 0 radical (unpaired) electrons. The first-order valence-electron chi connectivity index (χ1n) is 9.86. The van der Waals surface area contributed by atoms with E-state index >= 15 is 0 Å². The van der Waals surface area contributed by atoms with Crippen LogP contribution in [0.2, 0.25) is 0 Å². The van der Waals surface area contributed by atoms with E-state index in [2.05, 4.69) is 26.2 Å². The standard InChI is InChI=1S/C25H17BrN2O4/c26-20-12-17(6-9-22(20)29)25-28-21-13-18(7-10-23(21)32-25)27-24(30)14-31-19-8-5-15-3-1-2-4-16(15)11-19/h1-13,29H,14H2,(H,27,30). The Morgan fingerprint density at radius 1 is 1.00 bits per heavy atom. The Morgan fingerprint density at radius 2 is 1.84 bits per heavy atom. The molecular formula is C25H17BrN2O4. The monoisotopic (exact) mass is 488 g/mol. The minimum Gasteiger partial charge on any atom is -0.507 e. The number of carbonyl (C=O) groups excluding carboxylic acids is 1. The quantitative estimate of drug-likeness (QED) is 0.310. The molecule has 0 aliphatic carbocycles. The molecule has 6 nitrogen and oxygen atoms in total. The van der Waals surface area contributed by atoms with Crippen LogP contribution >= 0.6 is 15.9 Å². The average molecular weight is 489 g/mol. The van der Waals surface area contributed by atoms with Gasteiger partial charge < -0.3 is 19.6 Å². The van der Waals surface area contributed by atoms with Gasteiger partial charge in [0.15, 0.2) is 12.2 Å². The summed E-state index contributed by atoms with van der Waals surface area (Å²) < 4.78 is 12.0. The fourth-order valence-electron chi connectivity index (χ4n) is 3.37. The van der Waals surface area contributed by atoms with Crippen LogP contribution < -0.4 is 10.1 Å². The van der Waals surface area contributed by atoms with Crippen LogP contribution in [0.15, 0.2) is 87.8 Å². The van der Waals surface area contributed by atoms with E-state index in [1.165, 1.54) is 0 Å². The topological polar surface area (TPSA) is 84.6 Å². The molecule has 0 spiro atoms. The second-order valence-corrected chi connectivity index (χ2v) is 8.07. The highest BCUT2D eigenvalue weighted by molar-refractivity contribution is 9.10. The summed E-state index contributed by atoms with van der Waals surface area (Å²) >= 11 is 3.29. The number of rotatable bonds is 5. The smallest absolute Gasteiger partial charge is 0.262 e. The van der Waals surface area contributed by atoms with Crippen LogP contribution in [-0.4, -0.2) is 22.6 Å². The third-order valence-corrected chi connectivity index (χ3v) is 5.59. The van der Waals surface area contributed by atoms with E-state index in [0.29, 0.717) is 32.9 Å². The van der Waals surface area contributed by atoms with Crippen molar-refractivity contribution in [2.24, 2.45) is 0 Å². The summed E-state index contributed by atoms with van der Waals surface area (Å²) in [6.07, 6.45) is 0. The van der Waals surface area contributed by atoms with Gasteiger partial charge in [0.05, 0.1) is 4.47 Å². The molecule has 1 heterocycles. The number of fused-ring (bicyclic) bond motifs is 2. The van der Waals surface area contributed by atoms with E-state index in [-0.39, 0.29) is 18.3 Å². The number of benzene rings is 4. The number of ether oxygens (including phenoxy) is 1. The maximum absolute atomic E-state index is 12.4. The van der Waals surface area contributed by atoms with Gasteiger partial charge in [-0.3, -0.25) is 4.79 Å². The first kappa shape index (κ1) is 20.1. The Morgan fingerprint density at radius 3 is 2.69 bits per heavy atom. The summed E-state index contributed by atoms with van der Waals surface area (Å²) in [7, 11) is 0. The summed E-state index contributed by atoms with van der Waals surface area (Å²) in [5, 5.41) is 14.7. The van der Waals surface area contributed by atoms with Gasteiger partial charge >= 0.3 is 0 Å². The van der Waals surface area contributed by atoms with Gasteiger partial charge in [0.2, 0.25) is 5.89 Å². The van der Waals surface area contributed by atoms with Gasteiger partial charge in [0, 0.05) is 11.3 Å². The van der Waals surface area contributed by atoms with Crippen LogP contribution in [0.1, 0.15) is 0 Å². The maximum atomic E-state index is 12.4. The average Bonchev–Trinajstić information content (AvgIpc) is 3.23. The first-order valence-corrected chi connectivity index (χ1v) is 10.7. The molecule has 2 N–H and O–H groups in total. The van der Waals surface area contributed by atoms with Gasteiger partial charge in [-0.2, -0.15) is 0 Å². The molecule has 0 aliphatic heterocycles. The van der Waals surface area contributed by atoms with Crippen LogP contribution in [0.5, 0.6) is 11.5 Å². The van der Waals surface area contributed by atoms with Crippen LogP contribution in [0.25, 0.3) is 33.3 Å². The Labute approximate surface area is 191 Å². The highest BCUT2D eigenvalue weighted by atomic mass is 79.9. The largest absolute Gasteiger partial charge is 0.507 e. The van der Waals surface area contributed by atoms with Crippen LogP contribution in [0.4, 0.5) is 5.69 Å². The predicted molar refractivity (Wildman–Crippen MR) is 127 cm³/mol. The van der Waals surface area contributed by atoms with E-state index < -0.39 is 0 Å². The van der Waals surface area contributed by atoms with E-state index in [1.54, 1.807) is 36.4 Å². The van der Waals surface area contributed by atoms with Crippen molar-refractivity contribution in [3.05, 3.63) is 83.3 Å². The Kier molecular flexibility index (Phi) is 5.25. The number of hydrogen-bond acceptors (Lipinski definition) is 5. The molecule has 1 amide bonds. The van der Waals surface area contributed by atoms with Gasteiger partial charge in [-0.1, -0.05) is 30.3 Å². The Bertz CT molecular complexity index is 1460. The Hall–Kier alpha value is -3.84. The number of hydrogen-bond donors (Lipinski definition) is 2. The van der Waals surface area contributed by atoms with Crippen molar-refractivity contribution in [3.8, 4) is 23.0 Å². The lowest BCUT2D eigenvalue weighted by Crippen LogP contribution is -2.20. The number of aromatic nitrogens is 1. The van der Waals surface area contributed by atoms with Crippen molar-refractivity contribution in [3.63, 3.8) is 0 Å². The third-order valence-electron chi connectivity index (χ3n) is 4.96. The minimum atomic E-state index is -0.274. The normalized spacial score (nSPS) is 11.0. The molecule has 0 aliphatic rings. The lowest BCUT2D eigenvalue weighted by molar-refractivity contribution is -0.118. The summed E-state index contributed by atoms with van der Waals surface area (Å²) in [5.74, 6) is 0.920. The van der Waals surface area contributed by atoms with Crippen molar-refractivity contribution in [1.82, 2.24) is 4.98 Å². The lowest BCUT2D eigenvalue weighted by Gasteiger charge is -2.08. The zero-order chi connectivity index (χ0) is 22.1. The fraction of sp³-hybridized carbons (Fsp3) is 0.0400. The molecule has 158 valence electrons. The number of aromatic hydroxyl groups is 1. The molecular weight excluding hydrogens is 472 g/mol. The summed E-state index contributed by atoms with van der Waals surface area (Å²) in [6.45, 7) is -0.109. The van der Waals surface area contributed by atoms with Crippen molar-refractivity contribution >= 4 is 49.4 Å². The van der Waals surface area contributed by atoms with Gasteiger partial charge in [-0.05, 0) is 75.2 Å². The lowest BCUT2D eigenvalue weighted by atomic mass is 10.1. The van der Waals surface area contributed by atoms with Crippen molar-refractivity contribution < 1.29 is 19.1 Å². The van der Waals surface area contributed by atoms with Crippen molar-refractivity contribution in [2.45, 2.75) is 0 Å². The number of nitrogens with zero attached hydrogens (tertiary/aromatic N) is 1. The molecule has 5 aromatic rings. The van der Waals surface area contributed by atoms with Gasteiger partial charge in [-0.25, -0.2) is 4.98 Å². The minimum absolute atomic E-state index is 0.109. The molecule has 0 unspecified atom stereocenters. The number of halogens is 1. The molecule has 4 aromatic carbocycles. The van der Waals surface area contributed by atoms with E-state index in [4.69, 9.17) is 9.15 Å². The summed E-state index contributed by atoms with van der Waals surface area (Å²) in [4.78, 5) is 16.9. The zero-order valence-electron chi connectivity index (χ0n) is 16.7. The van der Waals surface area contributed by atoms with Gasteiger partial charge in [0.25, 0.3) is 5.91 Å². The maximum Gasteiger partial charge on any atom is 0.262 e. The summed E-state index contributed by atoms with van der Waals surface area (Å²) in [5.41, 5.74) is 2.52. The SMILES string of the molecule is O=C(COc1ccc2ccccc2c1)Nc1ccc2oc(-c3ccc(O)c(Br)c3)nc2c1. The predicted octanol–water partition coefficient (Wildman–Crippen LogP) is 6.13. The second-order valence-electron chi connectivity index (χ2n) is 7.21. The Balaban J connectivity index is 1.27. The molecule has 7 heteroatoms. The molecule has 0 bridgehead atoms. The molecule has 0 fully saturated rings. The third kappa shape index (κ3) is 4.15. The first-order chi connectivity index (χ1) is 15.5. The van der Waals surface area contributed by atoms with Gasteiger partial charge in [-0.15, -0.1) is 0 Å². The highest BCUT2D eigenvalue weighted by Gasteiger charge is 2.12. The zero-order valence-corrected chi connectivity index (χ0v) is 18.3. The number of phenols is 1. The highest BCUT2D eigenvalue weighted by Crippen LogP contribution is 2.31. The fourth-order valence-corrected chi connectivity index (χ4v) is 3.75. The van der Waals surface area contributed by atoms with E-state index in [0.717, 1.165) is 16.3 Å². The number of phenolic OH excluding ortho intramolecular Hbond substituents is 1. The van der Waals surface area contributed by atoms with E-state index in [1.807, 2.05) is 42.5 Å². The van der Waals surface area contributed by atoms with Gasteiger partial charge in [0.1, 0.15) is 17.0 Å². The number of carbonyl (C=O) groups is 1. The molecule has 32 heavy (non-hydrogen) atoms. The number of amides is 1. The molecule has 0 atom stereocenters. The molecule has 5 rings (SSSR count). The number of anilines is 1. The molecule has 0 saturated carbocycles. The van der Waals surface area contributed by atoms with Crippen LogP contribution in [0.3, 0.4) is 0 Å². The van der Waals surface area contributed by atoms with Crippen molar-refractivity contribution in [2.75, 3.05) is 11.9 Å². The second kappa shape index (κ2) is 8.36. The summed E-state index contributed by atoms with van der Waals surface area (Å²) in [6, 6.07) is 23.9. The molecule has 0 saturated heterocycles.